The molecule has 0 saturated heterocycles. The van der Waals surface area contributed by atoms with Crippen LogP contribution in [0.5, 0.6) is 11.5 Å². The summed E-state index contributed by atoms with van der Waals surface area (Å²) >= 11 is 0. The van der Waals surface area contributed by atoms with E-state index < -0.39 is 6.10 Å². The molecule has 25 heavy (non-hydrogen) atoms. The van der Waals surface area contributed by atoms with Gasteiger partial charge in [-0.3, -0.25) is 0 Å². The second-order valence-electron chi connectivity index (χ2n) is 5.33. The molecule has 0 aliphatic carbocycles. The number of hydrogen-bond donors (Lipinski definition) is 2. The largest absolute Gasteiger partial charge is 0.497 e. The molecule has 1 unspecified atom stereocenters. The fraction of sp³-hybridized carbons (Fsp3) is 0.222. The van der Waals surface area contributed by atoms with Gasteiger partial charge < -0.3 is 24.4 Å². The van der Waals surface area contributed by atoms with Crippen molar-refractivity contribution in [3.63, 3.8) is 0 Å². The predicted octanol–water partition coefficient (Wildman–Crippen LogP) is 2.90. The van der Waals surface area contributed by atoms with Crippen molar-refractivity contribution in [1.29, 1.82) is 0 Å². The van der Waals surface area contributed by atoms with Crippen LogP contribution >= 0.6 is 0 Å². The molecule has 0 radical (unpaired) electrons. The molecule has 3 aromatic rings. The molecule has 0 fully saturated rings. The Kier molecular flexibility index (Phi) is 5.15. The standard InChI is InChI=1S/C18H19N3O4/c1-23-14-8-13(9-15(10-14)24-2)16(22)11-19-18-20-17(25-21-18)12-6-4-3-5-7-12/h3-10,16,22H,11H2,1-2H3,(H,19,21). The van der Waals surface area contributed by atoms with E-state index in [0.717, 1.165) is 5.56 Å². The summed E-state index contributed by atoms with van der Waals surface area (Å²) in [6, 6.07) is 14.7. The third kappa shape index (κ3) is 4.07. The number of nitrogens with zero attached hydrogens (tertiary/aromatic N) is 2. The van der Waals surface area contributed by atoms with Crippen LogP contribution in [-0.4, -0.2) is 36.0 Å². The Morgan fingerprint density at radius 3 is 2.40 bits per heavy atom. The Labute approximate surface area is 145 Å². The summed E-state index contributed by atoms with van der Waals surface area (Å²) in [5.74, 6) is 1.95. The zero-order chi connectivity index (χ0) is 17.6. The number of rotatable bonds is 7. The van der Waals surface area contributed by atoms with E-state index in [9.17, 15) is 5.11 Å². The van der Waals surface area contributed by atoms with Crippen LogP contribution in [0, 0.1) is 0 Å². The maximum Gasteiger partial charge on any atom is 0.263 e. The molecule has 0 saturated carbocycles. The molecular weight excluding hydrogens is 322 g/mol. The van der Waals surface area contributed by atoms with E-state index in [1.807, 2.05) is 30.3 Å². The summed E-state index contributed by atoms with van der Waals surface area (Å²) in [6.45, 7) is 0.212. The lowest BCUT2D eigenvalue weighted by atomic mass is 10.1. The molecule has 0 amide bonds. The van der Waals surface area contributed by atoms with Crippen molar-refractivity contribution in [3.05, 3.63) is 54.1 Å². The highest BCUT2D eigenvalue weighted by Crippen LogP contribution is 2.26. The molecule has 1 atom stereocenters. The Morgan fingerprint density at radius 2 is 1.76 bits per heavy atom. The number of ether oxygens (including phenoxy) is 2. The number of aliphatic hydroxyl groups is 1. The highest BCUT2D eigenvalue weighted by atomic mass is 16.5. The molecule has 0 aliphatic heterocycles. The molecule has 130 valence electrons. The van der Waals surface area contributed by atoms with Crippen LogP contribution in [0.3, 0.4) is 0 Å². The van der Waals surface area contributed by atoms with Gasteiger partial charge in [-0.05, 0) is 35.0 Å². The summed E-state index contributed by atoms with van der Waals surface area (Å²) in [5.41, 5.74) is 1.50. The SMILES string of the molecule is COc1cc(OC)cc(C(O)CNc2noc(-c3ccccc3)n2)c1. The molecule has 0 bridgehead atoms. The van der Waals surface area contributed by atoms with Gasteiger partial charge in [-0.15, -0.1) is 0 Å². The van der Waals surface area contributed by atoms with Gasteiger partial charge >= 0.3 is 0 Å². The second kappa shape index (κ2) is 7.67. The minimum Gasteiger partial charge on any atom is -0.497 e. The van der Waals surface area contributed by atoms with Crippen molar-refractivity contribution in [1.82, 2.24) is 10.1 Å². The molecule has 2 N–H and O–H groups in total. The Hall–Kier alpha value is -3.06. The highest BCUT2D eigenvalue weighted by Gasteiger charge is 2.13. The van der Waals surface area contributed by atoms with Gasteiger partial charge in [0.1, 0.15) is 11.5 Å². The first kappa shape index (κ1) is 16.8. The fourth-order valence-corrected chi connectivity index (χ4v) is 2.32. The van der Waals surface area contributed by atoms with E-state index in [-0.39, 0.29) is 6.54 Å². The summed E-state index contributed by atoms with van der Waals surface area (Å²) < 4.78 is 15.6. The van der Waals surface area contributed by atoms with E-state index in [1.54, 1.807) is 32.4 Å². The van der Waals surface area contributed by atoms with Crippen LogP contribution in [-0.2, 0) is 0 Å². The Balaban J connectivity index is 1.67. The van der Waals surface area contributed by atoms with Crippen LogP contribution in [0.2, 0.25) is 0 Å². The van der Waals surface area contributed by atoms with Crippen molar-refractivity contribution in [2.24, 2.45) is 0 Å². The van der Waals surface area contributed by atoms with Crippen molar-refractivity contribution >= 4 is 5.95 Å². The lowest BCUT2D eigenvalue weighted by molar-refractivity contribution is 0.190. The highest BCUT2D eigenvalue weighted by molar-refractivity contribution is 5.53. The third-order valence-electron chi connectivity index (χ3n) is 3.66. The monoisotopic (exact) mass is 341 g/mol. The van der Waals surface area contributed by atoms with Gasteiger partial charge in [0.2, 0.25) is 0 Å². The molecular formula is C18H19N3O4. The van der Waals surface area contributed by atoms with Gasteiger partial charge in [0, 0.05) is 18.2 Å². The summed E-state index contributed by atoms with van der Waals surface area (Å²) in [5, 5.41) is 17.2. The van der Waals surface area contributed by atoms with Crippen LogP contribution in [0.1, 0.15) is 11.7 Å². The van der Waals surface area contributed by atoms with E-state index in [2.05, 4.69) is 15.5 Å². The number of methoxy groups -OCH3 is 2. The summed E-state index contributed by atoms with van der Waals surface area (Å²) in [4.78, 5) is 4.26. The first-order valence-corrected chi connectivity index (χ1v) is 7.73. The van der Waals surface area contributed by atoms with Crippen molar-refractivity contribution in [2.75, 3.05) is 26.1 Å². The summed E-state index contributed by atoms with van der Waals surface area (Å²) in [7, 11) is 3.13. The van der Waals surface area contributed by atoms with Gasteiger partial charge in [-0.1, -0.05) is 18.2 Å². The Morgan fingerprint density at radius 1 is 1.08 bits per heavy atom. The minimum absolute atomic E-state index is 0.212. The number of nitrogens with one attached hydrogen (secondary N) is 1. The zero-order valence-corrected chi connectivity index (χ0v) is 14.0. The predicted molar refractivity (Wildman–Crippen MR) is 92.7 cm³/mol. The first-order chi connectivity index (χ1) is 12.2. The van der Waals surface area contributed by atoms with Gasteiger partial charge in [-0.25, -0.2) is 0 Å². The van der Waals surface area contributed by atoms with Crippen molar-refractivity contribution in [2.45, 2.75) is 6.10 Å². The normalized spacial score (nSPS) is 11.8. The molecule has 1 aromatic heterocycles. The first-order valence-electron chi connectivity index (χ1n) is 7.73. The van der Waals surface area contributed by atoms with Gasteiger partial charge in [0.25, 0.3) is 11.8 Å². The molecule has 3 rings (SSSR count). The van der Waals surface area contributed by atoms with E-state index in [1.165, 1.54) is 0 Å². The molecule has 7 heteroatoms. The number of benzene rings is 2. The number of aromatic nitrogens is 2. The molecule has 0 spiro atoms. The van der Waals surface area contributed by atoms with Crippen LogP contribution in [0.25, 0.3) is 11.5 Å². The quantitative estimate of drug-likeness (QED) is 0.683. The average Bonchev–Trinajstić information content (AvgIpc) is 3.15. The number of anilines is 1. The van der Waals surface area contributed by atoms with E-state index in [0.29, 0.717) is 28.9 Å². The van der Waals surface area contributed by atoms with E-state index in [4.69, 9.17) is 14.0 Å². The maximum absolute atomic E-state index is 10.4. The second-order valence-corrected chi connectivity index (χ2v) is 5.33. The van der Waals surface area contributed by atoms with Crippen LogP contribution in [0.15, 0.2) is 53.1 Å². The van der Waals surface area contributed by atoms with Crippen molar-refractivity contribution in [3.8, 4) is 23.0 Å². The number of hydrogen-bond acceptors (Lipinski definition) is 7. The Bertz CT molecular complexity index is 798. The van der Waals surface area contributed by atoms with Gasteiger partial charge in [-0.2, -0.15) is 4.98 Å². The average molecular weight is 341 g/mol. The number of aliphatic hydroxyl groups excluding tert-OH is 1. The third-order valence-corrected chi connectivity index (χ3v) is 3.66. The molecule has 7 nitrogen and oxygen atoms in total. The smallest absolute Gasteiger partial charge is 0.263 e. The van der Waals surface area contributed by atoms with Crippen LogP contribution < -0.4 is 14.8 Å². The molecule has 0 aliphatic rings. The molecule has 2 aromatic carbocycles. The fourth-order valence-electron chi connectivity index (χ4n) is 2.32. The summed E-state index contributed by atoms with van der Waals surface area (Å²) in [6.07, 6.45) is -0.789. The minimum atomic E-state index is -0.789. The lowest BCUT2D eigenvalue weighted by Gasteiger charge is -2.14. The zero-order valence-electron chi connectivity index (χ0n) is 14.0. The maximum atomic E-state index is 10.4. The molecule has 1 heterocycles. The van der Waals surface area contributed by atoms with Crippen LogP contribution in [0.4, 0.5) is 5.95 Å². The van der Waals surface area contributed by atoms with Gasteiger partial charge in [0.05, 0.1) is 20.3 Å². The topological polar surface area (TPSA) is 89.6 Å². The lowest BCUT2D eigenvalue weighted by Crippen LogP contribution is -2.13. The van der Waals surface area contributed by atoms with Crippen molar-refractivity contribution < 1.29 is 19.1 Å². The van der Waals surface area contributed by atoms with Gasteiger partial charge in [0.15, 0.2) is 0 Å². The van der Waals surface area contributed by atoms with E-state index >= 15 is 0 Å².